The maximum absolute atomic E-state index is 13.3. The number of aliphatic hydroxyl groups excluding tert-OH is 1. The summed E-state index contributed by atoms with van der Waals surface area (Å²) in [5.74, 6) is -1.18. The van der Waals surface area contributed by atoms with Gasteiger partial charge in [-0.3, -0.25) is 9.59 Å². The highest BCUT2D eigenvalue weighted by molar-refractivity contribution is 6.46. The Balaban J connectivity index is 1.83. The Morgan fingerprint density at radius 2 is 1.77 bits per heavy atom. The van der Waals surface area contributed by atoms with E-state index in [0.29, 0.717) is 29.2 Å². The molecule has 0 bridgehead atoms. The minimum absolute atomic E-state index is 0.165. The SMILES string of the molecule is CCCOc1ccc(/C(O)=C2\C(=O)C(=O)N(Cc3cccc(C(F)(F)F)c3)C2c2cccc(OC)c2)cc1C. The Morgan fingerprint density at radius 3 is 2.44 bits per heavy atom. The summed E-state index contributed by atoms with van der Waals surface area (Å²) >= 11 is 0. The van der Waals surface area contributed by atoms with Crippen molar-refractivity contribution in [2.24, 2.45) is 0 Å². The maximum atomic E-state index is 13.3. The molecule has 1 fully saturated rings. The summed E-state index contributed by atoms with van der Waals surface area (Å²) in [5, 5.41) is 11.4. The minimum Gasteiger partial charge on any atom is -0.507 e. The number of carbonyl (C=O) groups excluding carboxylic acids is 2. The molecule has 0 aliphatic carbocycles. The lowest BCUT2D eigenvalue weighted by atomic mass is 9.94. The number of likely N-dealkylation sites (tertiary alicyclic amines) is 1. The van der Waals surface area contributed by atoms with Gasteiger partial charge in [0.2, 0.25) is 0 Å². The van der Waals surface area contributed by atoms with Gasteiger partial charge in [-0.1, -0.05) is 31.2 Å². The number of halogens is 3. The number of hydrogen-bond donors (Lipinski definition) is 1. The zero-order valence-corrected chi connectivity index (χ0v) is 21.7. The summed E-state index contributed by atoms with van der Waals surface area (Å²) in [6, 6.07) is 15.1. The molecule has 0 spiro atoms. The Bertz CT molecular complexity index is 1430. The van der Waals surface area contributed by atoms with E-state index in [-0.39, 0.29) is 17.7 Å². The van der Waals surface area contributed by atoms with Crippen LogP contribution in [-0.4, -0.2) is 35.4 Å². The van der Waals surface area contributed by atoms with Gasteiger partial charge < -0.3 is 19.5 Å². The molecule has 1 amide bonds. The maximum Gasteiger partial charge on any atom is 0.416 e. The molecule has 6 nitrogen and oxygen atoms in total. The van der Waals surface area contributed by atoms with E-state index in [1.807, 2.05) is 6.92 Å². The number of amides is 1. The monoisotopic (exact) mass is 539 g/mol. The standard InChI is InChI=1S/C30H28F3NO5/c1-4-13-39-24-12-11-21(14-18(24)2)27(35)25-26(20-8-6-10-23(16-20)38-3)34(29(37)28(25)36)17-19-7-5-9-22(15-19)30(31,32)33/h5-12,14-16,26,35H,4,13,17H2,1-3H3/b27-25+. The fraction of sp³-hybridized carbons (Fsp3) is 0.267. The lowest BCUT2D eigenvalue weighted by Crippen LogP contribution is -2.29. The highest BCUT2D eigenvalue weighted by atomic mass is 19.4. The molecule has 1 aliphatic heterocycles. The van der Waals surface area contributed by atoms with Gasteiger partial charge in [-0.25, -0.2) is 0 Å². The first-order valence-corrected chi connectivity index (χ1v) is 12.4. The van der Waals surface area contributed by atoms with E-state index in [9.17, 15) is 27.9 Å². The summed E-state index contributed by atoms with van der Waals surface area (Å²) in [5.41, 5.74) is 0.650. The van der Waals surface area contributed by atoms with E-state index >= 15 is 0 Å². The zero-order valence-electron chi connectivity index (χ0n) is 21.7. The fourth-order valence-corrected chi connectivity index (χ4v) is 4.57. The predicted octanol–water partition coefficient (Wildman–Crippen LogP) is 6.43. The van der Waals surface area contributed by atoms with Crippen molar-refractivity contribution in [2.45, 2.75) is 39.0 Å². The number of carbonyl (C=O) groups is 2. The van der Waals surface area contributed by atoms with E-state index in [1.54, 1.807) is 49.4 Å². The fourth-order valence-electron chi connectivity index (χ4n) is 4.57. The molecule has 39 heavy (non-hydrogen) atoms. The molecular formula is C30H28F3NO5. The van der Waals surface area contributed by atoms with Crippen LogP contribution >= 0.6 is 0 Å². The quantitative estimate of drug-likeness (QED) is 0.203. The molecular weight excluding hydrogens is 511 g/mol. The van der Waals surface area contributed by atoms with Crippen LogP contribution in [0.1, 0.15) is 47.2 Å². The molecule has 3 aromatic rings. The highest BCUT2D eigenvalue weighted by Gasteiger charge is 2.46. The Labute approximate surface area is 224 Å². The second kappa shape index (κ2) is 11.2. The molecule has 1 aliphatic rings. The van der Waals surface area contributed by atoms with Crippen molar-refractivity contribution < 1.29 is 37.3 Å². The number of aliphatic hydroxyl groups is 1. The predicted molar refractivity (Wildman–Crippen MR) is 139 cm³/mol. The molecule has 0 aromatic heterocycles. The number of aryl methyl sites for hydroxylation is 1. The van der Waals surface area contributed by atoms with Gasteiger partial charge in [0.1, 0.15) is 17.3 Å². The van der Waals surface area contributed by atoms with Crippen LogP contribution in [0.2, 0.25) is 0 Å². The lowest BCUT2D eigenvalue weighted by molar-refractivity contribution is -0.140. The molecule has 0 radical (unpaired) electrons. The van der Waals surface area contributed by atoms with Crippen LogP contribution in [0.5, 0.6) is 11.5 Å². The van der Waals surface area contributed by atoms with Gasteiger partial charge in [-0.05, 0) is 72.5 Å². The first-order valence-electron chi connectivity index (χ1n) is 12.4. The number of hydrogen-bond acceptors (Lipinski definition) is 5. The molecule has 0 saturated carbocycles. The van der Waals surface area contributed by atoms with Gasteiger partial charge in [0.25, 0.3) is 11.7 Å². The number of ketones is 1. The van der Waals surface area contributed by atoms with Gasteiger partial charge in [-0.15, -0.1) is 0 Å². The molecule has 9 heteroatoms. The summed E-state index contributed by atoms with van der Waals surface area (Å²) in [6.07, 6.45) is -3.75. The summed E-state index contributed by atoms with van der Waals surface area (Å²) < 4.78 is 51.0. The van der Waals surface area contributed by atoms with E-state index in [1.165, 1.54) is 24.1 Å². The third-order valence-corrected chi connectivity index (χ3v) is 6.47. The average Bonchev–Trinajstić information content (AvgIpc) is 3.16. The number of Topliss-reactive ketones (excluding diaryl/α,β-unsaturated/α-hetero) is 1. The van der Waals surface area contributed by atoms with Crippen LogP contribution in [0.3, 0.4) is 0 Å². The molecule has 204 valence electrons. The van der Waals surface area contributed by atoms with Gasteiger partial charge in [0.05, 0.1) is 30.9 Å². The van der Waals surface area contributed by atoms with Crippen molar-refractivity contribution in [3.8, 4) is 11.5 Å². The normalized spacial score (nSPS) is 17.0. The first kappa shape index (κ1) is 27.8. The summed E-state index contributed by atoms with van der Waals surface area (Å²) in [6.45, 7) is 4.01. The van der Waals surface area contributed by atoms with Crippen molar-refractivity contribution in [1.29, 1.82) is 0 Å². The van der Waals surface area contributed by atoms with Gasteiger partial charge >= 0.3 is 6.18 Å². The number of benzene rings is 3. The van der Waals surface area contributed by atoms with E-state index < -0.39 is 35.2 Å². The van der Waals surface area contributed by atoms with E-state index in [2.05, 4.69) is 0 Å². The molecule has 1 atom stereocenters. The Kier molecular flexibility index (Phi) is 7.99. The molecule has 4 rings (SSSR count). The third kappa shape index (κ3) is 5.77. The van der Waals surface area contributed by atoms with Crippen LogP contribution in [-0.2, 0) is 22.3 Å². The van der Waals surface area contributed by atoms with Crippen LogP contribution in [0, 0.1) is 6.92 Å². The van der Waals surface area contributed by atoms with Crippen LogP contribution in [0.25, 0.3) is 5.76 Å². The number of nitrogens with zero attached hydrogens (tertiary/aromatic N) is 1. The number of rotatable bonds is 8. The lowest BCUT2D eigenvalue weighted by Gasteiger charge is -2.26. The molecule has 1 saturated heterocycles. The van der Waals surface area contributed by atoms with Gasteiger partial charge in [0.15, 0.2) is 0 Å². The van der Waals surface area contributed by atoms with Gasteiger partial charge in [0, 0.05) is 12.1 Å². The molecule has 1 unspecified atom stereocenters. The Hall–Kier alpha value is -4.27. The number of alkyl halides is 3. The van der Waals surface area contributed by atoms with Crippen molar-refractivity contribution >= 4 is 17.4 Å². The van der Waals surface area contributed by atoms with Crippen molar-refractivity contribution in [2.75, 3.05) is 13.7 Å². The molecule has 1 N–H and O–H groups in total. The highest BCUT2D eigenvalue weighted by Crippen LogP contribution is 2.42. The second-order valence-corrected chi connectivity index (χ2v) is 9.23. The van der Waals surface area contributed by atoms with Crippen LogP contribution in [0.15, 0.2) is 72.3 Å². The smallest absolute Gasteiger partial charge is 0.416 e. The first-order chi connectivity index (χ1) is 18.5. The molecule has 3 aromatic carbocycles. The van der Waals surface area contributed by atoms with Crippen molar-refractivity contribution in [3.05, 3.63) is 100 Å². The minimum atomic E-state index is -4.57. The van der Waals surface area contributed by atoms with Crippen molar-refractivity contribution in [1.82, 2.24) is 4.90 Å². The summed E-state index contributed by atoms with van der Waals surface area (Å²) in [4.78, 5) is 27.8. The summed E-state index contributed by atoms with van der Waals surface area (Å²) in [7, 11) is 1.46. The van der Waals surface area contributed by atoms with E-state index in [4.69, 9.17) is 9.47 Å². The molecule has 1 heterocycles. The second-order valence-electron chi connectivity index (χ2n) is 9.23. The third-order valence-electron chi connectivity index (χ3n) is 6.47. The van der Waals surface area contributed by atoms with Crippen LogP contribution < -0.4 is 9.47 Å². The largest absolute Gasteiger partial charge is 0.507 e. The Morgan fingerprint density at radius 1 is 1.03 bits per heavy atom. The average molecular weight is 540 g/mol. The van der Waals surface area contributed by atoms with Crippen molar-refractivity contribution in [3.63, 3.8) is 0 Å². The van der Waals surface area contributed by atoms with Crippen LogP contribution in [0.4, 0.5) is 13.2 Å². The number of methoxy groups -OCH3 is 1. The zero-order chi connectivity index (χ0) is 28.3. The van der Waals surface area contributed by atoms with Gasteiger partial charge in [-0.2, -0.15) is 13.2 Å². The van der Waals surface area contributed by atoms with E-state index in [0.717, 1.165) is 24.1 Å². The number of ether oxygens (including phenoxy) is 2. The topological polar surface area (TPSA) is 76.1 Å².